The summed E-state index contributed by atoms with van der Waals surface area (Å²) in [6.45, 7) is 2.14. The Morgan fingerprint density at radius 1 is 1.16 bits per heavy atom. The Labute approximate surface area is 146 Å². The molecule has 0 spiro atoms. The molecule has 0 radical (unpaired) electrons. The largest absolute Gasteiger partial charge is 0.324 e. The molecule has 7 heteroatoms. The maximum Gasteiger partial charge on any atom is 0.243 e. The number of aryl methyl sites for hydroxylation is 1. The molecule has 1 heterocycles. The minimum atomic E-state index is -3.85. The van der Waals surface area contributed by atoms with Crippen molar-refractivity contribution in [1.29, 1.82) is 0 Å². The monoisotopic (exact) mass is 362 g/mol. The molecular weight excluding hydrogens is 343 g/mol. The fraction of sp³-hybridized carbons (Fsp3) is 0.278. The van der Waals surface area contributed by atoms with Gasteiger partial charge < -0.3 is 5.32 Å². The molecule has 0 aliphatic carbocycles. The Bertz CT molecular complexity index is 881. The van der Waals surface area contributed by atoms with Gasteiger partial charge in [0.25, 0.3) is 0 Å². The maximum absolute atomic E-state index is 13.1. The van der Waals surface area contributed by atoms with Gasteiger partial charge in [0.1, 0.15) is 11.9 Å². The predicted octanol–water partition coefficient (Wildman–Crippen LogP) is 2.93. The van der Waals surface area contributed by atoms with Crippen molar-refractivity contribution in [1.82, 2.24) is 4.31 Å². The number of carbonyl (C=O) groups excluding carboxylic acids is 1. The molecule has 1 aliphatic heterocycles. The molecule has 1 fully saturated rings. The van der Waals surface area contributed by atoms with E-state index in [0.29, 0.717) is 18.5 Å². The van der Waals surface area contributed by atoms with Crippen LogP contribution in [0.25, 0.3) is 0 Å². The van der Waals surface area contributed by atoms with Gasteiger partial charge in [0, 0.05) is 12.2 Å². The molecule has 1 N–H and O–H groups in total. The highest BCUT2D eigenvalue weighted by Crippen LogP contribution is 2.27. The highest BCUT2D eigenvalue weighted by atomic mass is 32.2. The second kappa shape index (κ2) is 6.93. The van der Waals surface area contributed by atoms with Crippen LogP contribution in [0.4, 0.5) is 10.1 Å². The van der Waals surface area contributed by atoms with Crippen molar-refractivity contribution in [3.05, 3.63) is 59.9 Å². The second-order valence-electron chi connectivity index (χ2n) is 6.03. The van der Waals surface area contributed by atoms with E-state index >= 15 is 0 Å². The third kappa shape index (κ3) is 3.57. The Morgan fingerprint density at radius 2 is 1.84 bits per heavy atom. The summed E-state index contributed by atoms with van der Waals surface area (Å²) < 4.78 is 39.9. The molecule has 1 atom stereocenters. The molecule has 25 heavy (non-hydrogen) atoms. The van der Waals surface area contributed by atoms with Gasteiger partial charge >= 0.3 is 0 Å². The minimum absolute atomic E-state index is 0.00973. The summed E-state index contributed by atoms with van der Waals surface area (Å²) in [5.41, 5.74) is 1.57. The summed E-state index contributed by atoms with van der Waals surface area (Å²) in [5.74, 6) is -0.855. The van der Waals surface area contributed by atoms with Gasteiger partial charge in [-0.05, 0) is 55.7 Å². The number of amides is 1. The third-order valence-corrected chi connectivity index (χ3v) is 6.25. The molecule has 5 nitrogen and oxygen atoms in total. The first-order chi connectivity index (χ1) is 11.9. The molecule has 2 aromatic rings. The number of hydrogen-bond donors (Lipinski definition) is 1. The molecule has 1 amide bonds. The van der Waals surface area contributed by atoms with Gasteiger partial charge in [-0.1, -0.05) is 18.2 Å². The number of para-hydroxylation sites is 1. The lowest BCUT2D eigenvalue weighted by molar-refractivity contribution is -0.119. The minimum Gasteiger partial charge on any atom is -0.324 e. The number of benzene rings is 2. The van der Waals surface area contributed by atoms with Crippen LogP contribution in [-0.4, -0.2) is 31.2 Å². The van der Waals surface area contributed by atoms with E-state index in [1.54, 1.807) is 6.07 Å². The second-order valence-corrected chi connectivity index (χ2v) is 7.92. The lowest BCUT2D eigenvalue weighted by Gasteiger charge is -2.23. The topological polar surface area (TPSA) is 66.5 Å². The van der Waals surface area contributed by atoms with Crippen molar-refractivity contribution in [2.75, 3.05) is 11.9 Å². The number of hydrogen-bond acceptors (Lipinski definition) is 3. The van der Waals surface area contributed by atoms with Crippen molar-refractivity contribution < 1.29 is 17.6 Å². The zero-order valence-corrected chi connectivity index (χ0v) is 14.6. The molecule has 132 valence electrons. The number of nitrogens with zero attached hydrogens (tertiary/aromatic N) is 1. The SMILES string of the molecule is Cc1ccccc1NC(=O)C1CCCN1S(=O)(=O)c1ccc(F)cc1. The molecule has 2 aromatic carbocycles. The summed E-state index contributed by atoms with van der Waals surface area (Å²) in [4.78, 5) is 12.6. The summed E-state index contributed by atoms with van der Waals surface area (Å²) in [5, 5.41) is 2.81. The Kier molecular flexibility index (Phi) is 4.87. The van der Waals surface area contributed by atoms with Gasteiger partial charge in [0.2, 0.25) is 15.9 Å². The molecule has 0 bridgehead atoms. The lowest BCUT2D eigenvalue weighted by atomic mass is 10.1. The standard InChI is InChI=1S/C18H19FN2O3S/c1-13-5-2-3-6-16(13)20-18(22)17-7-4-12-21(17)25(23,24)15-10-8-14(19)9-11-15/h2-3,5-6,8-11,17H,4,7,12H2,1H3,(H,20,22). The van der Waals surface area contributed by atoms with E-state index in [9.17, 15) is 17.6 Å². The molecule has 1 unspecified atom stereocenters. The van der Waals surface area contributed by atoms with Crippen LogP contribution in [0.3, 0.4) is 0 Å². The van der Waals surface area contributed by atoms with Crippen LogP contribution in [-0.2, 0) is 14.8 Å². The van der Waals surface area contributed by atoms with Crippen molar-refractivity contribution in [2.24, 2.45) is 0 Å². The van der Waals surface area contributed by atoms with Gasteiger partial charge in [-0.15, -0.1) is 0 Å². The molecule has 0 saturated carbocycles. The average Bonchev–Trinajstić information content (AvgIpc) is 3.08. The van der Waals surface area contributed by atoms with Crippen LogP contribution < -0.4 is 5.32 Å². The van der Waals surface area contributed by atoms with Crippen LogP contribution in [0.15, 0.2) is 53.4 Å². The first kappa shape index (κ1) is 17.6. The van der Waals surface area contributed by atoms with E-state index < -0.39 is 21.9 Å². The zero-order valence-electron chi connectivity index (χ0n) is 13.8. The molecule has 1 aliphatic rings. The summed E-state index contributed by atoms with van der Waals surface area (Å²) in [6, 6.07) is 11.2. The number of sulfonamides is 1. The first-order valence-corrected chi connectivity index (χ1v) is 9.47. The molecule has 1 saturated heterocycles. The quantitative estimate of drug-likeness (QED) is 0.909. The number of rotatable bonds is 4. The Morgan fingerprint density at radius 3 is 2.52 bits per heavy atom. The smallest absolute Gasteiger partial charge is 0.243 e. The highest BCUT2D eigenvalue weighted by molar-refractivity contribution is 7.89. The fourth-order valence-electron chi connectivity index (χ4n) is 2.96. The van der Waals surface area contributed by atoms with Crippen LogP contribution in [0.5, 0.6) is 0 Å². The van der Waals surface area contributed by atoms with Gasteiger partial charge in [-0.25, -0.2) is 12.8 Å². The summed E-state index contributed by atoms with van der Waals surface area (Å²) in [6.07, 6.45) is 1.06. The Hall–Kier alpha value is -2.25. The van der Waals surface area contributed by atoms with Crippen LogP contribution in [0, 0.1) is 12.7 Å². The van der Waals surface area contributed by atoms with Crippen LogP contribution in [0.1, 0.15) is 18.4 Å². The summed E-state index contributed by atoms with van der Waals surface area (Å²) >= 11 is 0. The van der Waals surface area contributed by atoms with E-state index in [1.165, 1.54) is 16.4 Å². The zero-order chi connectivity index (χ0) is 18.0. The first-order valence-electron chi connectivity index (χ1n) is 8.03. The van der Waals surface area contributed by atoms with E-state index in [0.717, 1.165) is 17.7 Å². The van der Waals surface area contributed by atoms with Crippen molar-refractivity contribution in [3.8, 4) is 0 Å². The number of carbonyl (C=O) groups is 1. The van der Waals surface area contributed by atoms with Gasteiger partial charge in [0.05, 0.1) is 4.90 Å². The fourth-order valence-corrected chi connectivity index (χ4v) is 4.62. The number of anilines is 1. The summed E-state index contributed by atoms with van der Waals surface area (Å²) in [7, 11) is -3.85. The van der Waals surface area contributed by atoms with Crippen LogP contribution >= 0.6 is 0 Å². The molecule has 3 rings (SSSR count). The highest BCUT2D eigenvalue weighted by Gasteiger charge is 2.39. The van der Waals surface area contributed by atoms with E-state index in [-0.39, 0.29) is 17.3 Å². The lowest BCUT2D eigenvalue weighted by Crippen LogP contribution is -2.43. The third-order valence-electron chi connectivity index (χ3n) is 4.33. The molecular formula is C18H19FN2O3S. The van der Waals surface area contributed by atoms with Crippen molar-refractivity contribution >= 4 is 21.6 Å². The van der Waals surface area contributed by atoms with Gasteiger partial charge in [-0.3, -0.25) is 4.79 Å². The average molecular weight is 362 g/mol. The van der Waals surface area contributed by atoms with Crippen molar-refractivity contribution in [3.63, 3.8) is 0 Å². The maximum atomic E-state index is 13.1. The van der Waals surface area contributed by atoms with Gasteiger partial charge in [-0.2, -0.15) is 4.31 Å². The van der Waals surface area contributed by atoms with Gasteiger partial charge in [0.15, 0.2) is 0 Å². The predicted molar refractivity (Wildman–Crippen MR) is 93.1 cm³/mol. The van der Waals surface area contributed by atoms with E-state index in [4.69, 9.17) is 0 Å². The number of halogens is 1. The van der Waals surface area contributed by atoms with E-state index in [2.05, 4.69) is 5.32 Å². The number of nitrogens with one attached hydrogen (secondary N) is 1. The van der Waals surface area contributed by atoms with E-state index in [1.807, 2.05) is 25.1 Å². The molecule has 0 aromatic heterocycles. The van der Waals surface area contributed by atoms with Crippen LogP contribution in [0.2, 0.25) is 0 Å². The normalized spacial score (nSPS) is 18.2. The van der Waals surface area contributed by atoms with Crippen molar-refractivity contribution in [2.45, 2.75) is 30.7 Å². The Balaban J connectivity index is 1.83.